The van der Waals surface area contributed by atoms with Crippen LogP contribution in [-0.2, 0) is 20.9 Å². The number of benzene rings is 2. The largest absolute Gasteiger partial charge is 0.457 e. The molecule has 2 heterocycles. The summed E-state index contributed by atoms with van der Waals surface area (Å²) >= 11 is 3.30. The molecular weight excluding hydrogens is 442 g/mol. The molecule has 1 amide bonds. The van der Waals surface area contributed by atoms with Gasteiger partial charge in [0.05, 0.1) is 5.92 Å². The van der Waals surface area contributed by atoms with Crippen LogP contribution in [0.25, 0.3) is 0 Å². The molecule has 1 fully saturated rings. The molecule has 0 saturated carbocycles. The minimum Gasteiger partial charge on any atom is -0.457 e. The Labute approximate surface area is 175 Å². The van der Waals surface area contributed by atoms with Crippen molar-refractivity contribution in [3.8, 4) is 11.5 Å². The minimum absolute atomic E-state index is 0.0792. The van der Waals surface area contributed by atoms with Crippen LogP contribution in [0.15, 0.2) is 46.9 Å². The van der Waals surface area contributed by atoms with Crippen LogP contribution in [0.5, 0.6) is 11.5 Å². The van der Waals surface area contributed by atoms with Crippen molar-refractivity contribution in [2.45, 2.75) is 13.0 Å². The third-order valence-electron chi connectivity index (χ3n) is 4.87. The van der Waals surface area contributed by atoms with E-state index in [1.54, 1.807) is 35.2 Å². The highest BCUT2D eigenvalue weighted by atomic mass is 79.9. The Morgan fingerprint density at radius 2 is 1.86 bits per heavy atom. The van der Waals surface area contributed by atoms with Crippen molar-refractivity contribution >= 4 is 33.6 Å². The maximum absolute atomic E-state index is 12.3. The van der Waals surface area contributed by atoms with Crippen LogP contribution >= 0.6 is 15.9 Å². The number of Topliss-reactive ketones (excluding diaryl/α,β-unsaturated/α-hetero) is 1. The van der Waals surface area contributed by atoms with Crippen LogP contribution in [0.2, 0.25) is 0 Å². The number of nitrogens with zero attached hydrogens (tertiary/aromatic N) is 1. The summed E-state index contributed by atoms with van der Waals surface area (Å²) in [7, 11) is 0. The Kier molecular flexibility index (Phi) is 5.53. The molecule has 1 atom stereocenters. The van der Waals surface area contributed by atoms with Crippen molar-refractivity contribution in [1.29, 1.82) is 0 Å². The predicted octanol–water partition coefficient (Wildman–Crippen LogP) is 2.95. The van der Waals surface area contributed by atoms with Gasteiger partial charge in [0.15, 0.2) is 23.9 Å². The molecule has 0 N–H and O–H groups in total. The fourth-order valence-corrected chi connectivity index (χ4v) is 3.58. The number of likely N-dealkylation sites (tertiary alicyclic amines) is 1. The molecule has 8 heteroatoms. The number of ether oxygens (including phenoxy) is 3. The molecule has 1 saturated heterocycles. The molecule has 2 aromatic carbocycles. The maximum atomic E-state index is 12.3. The van der Waals surface area contributed by atoms with Crippen LogP contribution in [0.4, 0.5) is 0 Å². The number of rotatable bonds is 6. The number of halogens is 1. The highest BCUT2D eigenvalue weighted by Crippen LogP contribution is 2.33. The van der Waals surface area contributed by atoms with E-state index in [9.17, 15) is 14.4 Å². The van der Waals surface area contributed by atoms with Crippen LogP contribution in [0, 0.1) is 5.92 Å². The Bertz CT molecular complexity index is 958. The molecule has 29 heavy (non-hydrogen) atoms. The van der Waals surface area contributed by atoms with E-state index in [1.165, 1.54) is 0 Å². The molecule has 4 rings (SSSR count). The SMILES string of the molecule is O=C(COC(=O)[C@@H]1CC(=O)N(Cc2ccc3c(c2)OCO3)C1)c1ccc(Br)cc1. The summed E-state index contributed by atoms with van der Waals surface area (Å²) in [6, 6.07) is 12.3. The van der Waals surface area contributed by atoms with E-state index in [0.29, 0.717) is 23.6 Å². The first kappa shape index (κ1) is 19.4. The summed E-state index contributed by atoms with van der Waals surface area (Å²) in [4.78, 5) is 38.4. The lowest BCUT2D eigenvalue weighted by atomic mass is 10.1. The number of ketones is 1. The van der Waals surface area contributed by atoms with Crippen LogP contribution in [0.3, 0.4) is 0 Å². The lowest BCUT2D eigenvalue weighted by Gasteiger charge is -2.16. The number of carbonyl (C=O) groups excluding carboxylic acids is 3. The van der Waals surface area contributed by atoms with Gasteiger partial charge in [-0.1, -0.05) is 34.1 Å². The minimum atomic E-state index is -0.575. The summed E-state index contributed by atoms with van der Waals surface area (Å²) < 4.78 is 16.7. The first-order chi connectivity index (χ1) is 14.0. The summed E-state index contributed by atoms with van der Waals surface area (Å²) in [5.74, 6) is -0.183. The molecule has 2 aromatic rings. The highest BCUT2D eigenvalue weighted by molar-refractivity contribution is 9.10. The molecule has 0 radical (unpaired) electrons. The third-order valence-corrected chi connectivity index (χ3v) is 5.40. The van der Waals surface area contributed by atoms with Gasteiger partial charge in [-0.05, 0) is 29.8 Å². The third kappa shape index (κ3) is 4.42. The zero-order valence-corrected chi connectivity index (χ0v) is 17.0. The molecule has 0 unspecified atom stereocenters. The normalized spacial score (nSPS) is 17.5. The van der Waals surface area contributed by atoms with Crippen molar-refractivity contribution in [3.05, 3.63) is 58.1 Å². The Morgan fingerprint density at radius 1 is 1.10 bits per heavy atom. The van der Waals surface area contributed by atoms with E-state index in [0.717, 1.165) is 10.0 Å². The molecule has 0 aliphatic carbocycles. The second-order valence-corrected chi connectivity index (χ2v) is 7.82. The van der Waals surface area contributed by atoms with Gasteiger partial charge in [-0.15, -0.1) is 0 Å². The van der Waals surface area contributed by atoms with Crippen molar-refractivity contribution in [3.63, 3.8) is 0 Å². The topological polar surface area (TPSA) is 82.1 Å². The van der Waals surface area contributed by atoms with E-state index >= 15 is 0 Å². The summed E-state index contributed by atoms with van der Waals surface area (Å²) in [6.45, 7) is 0.483. The van der Waals surface area contributed by atoms with E-state index in [2.05, 4.69) is 15.9 Å². The number of carbonyl (C=O) groups is 3. The van der Waals surface area contributed by atoms with Gasteiger partial charge in [0.1, 0.15) is 0 Å². The smallest absolute Gasteiger partial charge is 0.311 e. The van der Waals surface area contributed by atoms with Gasteiger partial charge in [0.2, 0.25) is 12.7 Å². The molecule has 2 aliphatic heterocycles. The van der Waals surface area contributed by atoms with Gasteiger partial charge >= 0.3 is 5.97 Å². The lowest BCUT2D eigenvalue weighted by molar-refractivity contribution is -0.147. The summed E-state index contributed by atoms with van der Waals surface area (Å²) in [5.41, 5.74) is 1.36. The zero-order chi connectivity index (χ0) is 20.4. The fourth-order valence-electron chi connectivity index (χ4n) is 3.32. The first-order valence-corrected chi connectivity index (χ1v) is 9.90. The zero-order valence-electron chi connectivity index (χ0n) is 15.4. The lowest BCUT2D eigenvalue weighted by Crippen LogP contribution is -2.27. The molecule has 2 aliphatic rings. The van der Waals surface area contributed by atoms with Gasteiger partial charge < -0.3 is 19.1 Å². The molecular formula is C21H18BrNO6. The molecule has 0 bridgehead atoms. The van der Waals surface area contributed by atoms with Crippen LogP contribution in [-0.4, -0.2) is 42.5 Å². The molecule has 0 aromatic heterocycles. The number of fused-ring (bicyclic) bond motifs is 1. The highest BCUT2D eigenvalue weighted by Gasteiger charge is 2.35. The average Bonchev–Trinajstić information content (AvgIpc) is 3.33. The quantitative estimate of drug-likeness (QED) is 0.487. The van der Waals surface area contributed by atoms with Crippen molar-refractivity contribution < 1.29 is 28.6 Å². The average molecular weight is 460 g/mol. The van der Waals surface area contributed by atoms with E-state index in [-0.39, 0.29) is 38.1 Å². The second kappa shape index (κ2) is 8.24. The number of amides is 1. The maximum Gasteiger partial charge on any atom is 0.311 e. The van der Waals surface area contributed by atoms with Gasteiger partial charge in [-0.2, -0.15) is 0 Å². The second-order valence-electron chi connectivity index (χ2n) is 6.90. The van der Waals surface area contributed by atoms with E-state index in [1.807, 2.05) is 12.1 Å². The number of hydrogen-bond acceptors (Lipinski definition) is 6. The Hall–Kier alpha value is -2.87. The van der Waals surface area contributed by atoms with Crippen molar-refractivity contribution in [1.82, 2.24) is 4.90 Å². The standard InChI is InChI=1S/C21H18BrNO6/c22-16-4-2-14(3-5-16)17(24)11-27-21(26)15-8-20(25)23(10-15)9-13-1-6-18-19(7-13)29-12-28-18/h1-7,15H,8-12H2/t15-/m1/s1. The Morgan fingerprint density at radius 3 is 2.66 bits per heavy atom. The van der Waals surface area contributed by atoms with E-state index in [4.69, 9.17) is 14.2 Å². The molecule has 0 spiro atoms. The van der Waals surface area contributed by atoms with E-state index < -0.39 is 11.9 Å². The summed E-state index contributed by atoms with van der Waals surface area (Å²) in [6.07, 6.45) is 0.0792. The monoisotopic (exact) mass is 459 g/mol. The van der Waals surface area contributed by atoms with Crippen molar-refractivity contribution in [2.75, 3.05) is 19.9 Å². The van der Waals surface area contributed by atoms with Gasteiger partial charge in [-0.3, -0.25) is 14.4 Å². The predicted molar refractivity (Wildman–Crippen MR) is 106 cm³/mol. The van der Waals surface area contributed by atoms with Crippen molar-refractivity contribution in [2.24, 2.45) is 5.92 Å². The number of hydrogen-bond donors (Lipinski definition) is 0. The molecule has 150 valence electrons. The Balaban J connectivity index is 1.30. The van der Waals surface area contributed by atoms with Gasteiger partial charge in [0, 0.05) is 29.5 Å². The fraction of sp³-hybridized carbons (Fsp3) is 0.286. The van der Waals surface area contributed by atoms with Gasteiger partial charge in [-0.25, -0.2) is 0 Å². The first-order valence-electron chi connectivity index (χ1n) is 9.11. The number of esters is 1. The van der Waals surface area contributed by atoms with Crippen LogP contribution < -0.4 is 9.47 Å². The van der Waals surface area contributed by atoms with Gasteiger partial charge in [0.25, 0.3) is 0 Å². The molecule has 7 nitrogen and oxygen atoms in total. The summed E-state index contributed by atoms with van der Waals surface area (Å²) in [5, 5.41) is 0. The van der Waals surface area contributed by atoms with Crippen LogP contribution in [0.1, 0.15) is 22.3 Å².